The molecule has 1 fully saturated rings. The Hall–Kier alpha value is -1.02. The van der Waals surface area contributed by atoms with Gasteiger partial charge in [-0.15, -0.1) is 24.0 Å². The fourth-order valence-electron chi connectivity index (χ4n) is 3.83. The molecule has 160 valence electrons. The number of nitrogens with zero attached hydrogens (tertiary/aromatic N) is 3. The Morgan fingerprint density at radius 3 is 2.79 bits per heavy atom. The fourth-order valence-corrected chi connectivity index (χ4v) is 3.83. The standard InChI is InChI=1S/C22H38N4O.HI/c1-6-23-22(25(4)17-20-11-7-8-12-21(20)27-5)24-14-19-10-9-13-26(16-19)15-18(2)3;/h7-8,11-12,18-19H,6,9-10,13-17H2,1-5H3,(H,23,24);1H. The van der Waals surface area contributed by atoms with E-state index in [0.29, 0.717) is 5.92 Å². The van der Waals surface area contributed by atoms with Crippen LogP contribution in [0.1, 0.15) is 39.2 Å². The van der Waals surface area contributed by atoms with Gasteiger partial charge in [0, 0.05) is 45.3 Å². The van der Waals surface area contributed by atoms with Crippen LogP contribution in [0, 0.1) is 11.8 Å². The minimum absolute atomic E-state index is 0. The van der Waals surface area contributed by atoms with Crippen LogP contribution in [0.3, 0.4) is 0 Å². The Bertz CT molecular complexity index is 594. The Labute approximate surface area is 188 Å². The van der Waals surface area contributed by atoms with Crippen LogP contribution in [0.2, 0.25) is 0 Å². The van der Waals surface area contributed by atoms with Gasteiger partial charge in [0.25, 0.3) is 0 Å². The summed E-state index contributed by atoms with van der Waals surface area (Å²) in [5, 5.41) is 3.44. The number of aliphatic imine (C=N–C) groups is 1. The molecule has 0 aromatic heterocycles. The highest BCUT2D eigenvalue weighted by molar-refractivity contribution is 14.0. The van der Waals surface area contributed by atoms with E-state index in [9.17, 15) is 0 Å². The second kappa shape index (κ2) is 13.2. The first kappa shape index (κ1) is 25.0. The molecule has 0 radical (unpaired) electrons. The first-order valence-corrected chi connectivity index (χ1v) is 10.4. The predicted octanol–water partition coefficient (Wildman–Crippen LogP) is 4.08. The van der Waals surface area contributed by atoms with E-state index >= 15 is 0 Å². The van der Waals surface area contributed by atoms with Crippen molar-refractivity contribution in [2.75, 3.05) is 46.9 Å². The van der Waals surface area contributed by atoms with Crippen molar-refractivity contribution in [2.24, 2.45) is 16.8 Å². The van der Waals surface area contributed by atoms with Crippen molar-refractivity contribution in [1.29, 1.82) is 0 Å². The number of nitrogens with one attached hydrogen (secondary N) is 1. The number of halogens is 1. The van der Waals surface area contributed by atoms with Gasteiger partial charge in [-0.2, -0.15) is 0 Å². The van der Waals surface area contributed by atoms with Crippen molar-refractivity contribution in [3.63, 3.8) is 0 Å². The lowest BCUT2D eigenvalue weighted by Gasteiger charge is -2.33. The number of piperidine rings is 1. The average molecular weight is 502 g/mol. The molecule has 1 aromatic rings. The summed E-state index contributed by atoms with van der Waals surface area (Å²) in [5.41, 5.74) is 1.17. The lowest BCUT2D eigenvalue weighted by molar-refractivity contribution is 0.162. The average Bonchev–Trinajstić information content (AvgIpc) is 2.65. The maximum absolute atomic E-state index is 5.49. The molecule has 0 saturated carbocycles. The highest BCUT2D eigenvalue weighted by atomic mass is 127. The number of guanidine groups is 1. The van der Waals surface area contributed by atoms with Gasteiger partial charge in [-0.25, -0.2) is 0 Å². The van der Waals surface area contributed by atoms with Crippen molar-refractivity contribution in [3.05, 3.63) is 29.8 Å². The van der Waals surface area contributed by atoms with Crippen LogP contribution in [-0.2, 0) is 6.54 Å². The van der Waals surface area contributed by atoms with E-state index in [1.165, 1.54) is 38.0 Å². The Balaban J connectivity index is 0.00000392. The molecular formula is C22H39IN4O. The molecular weight excluding hydrogens is 463 g/mol. The first-order chi connectivity index (χ1) is 13.0. The lowest BCUT2D eigenvalue weighted by atomic mass is 9.97. The van der Waals surface area contributed by atoms with Crippen molar-refractivity contribution < 1.29 is 4.74 Å². The molecule has 28 heavy (non-hydrogen) atoms. The number of hydrogen-bond acceptors (Lipinski definition) is 3. The number of benzene rings is 1. The molecule has 1 heterocycles. The molecule has 0 amide bonds. The van der Waals surface area contributed by atoms with Gasteiger partial charge < -0.3 is 19.9 Å². The Morgan fingerprint density at radius 2 is 2.11 bits per heavy atom. The third-order valence-corrected chi connectivity index (χ3v) is 5.02. The van der Waals surface area contributed by atoms with Crippen LogP contribution in [0.25, 0.3) is 0 Å². The maximum Gasteiger partial charge on any atom is 0.193 e. The highest BCUT2D eigenvalue weighted by Gasteiger charge is 2.20. The van der Waals surface area contributed by atoms with Gasteiger partial charge in [0.15, 0.2) is 5.96 Å². The zero-order valence-electron chi connectivity index (χ0n) is 18.3. The van der Waals surface area contributed by atoms with E-state index in [0.717, 1.165) is 37.3 Å². The zero-order valence-corrected chi connectivity index (χ0v) is 20.6. The molecule has 0 spiro atoms. The van der Waals surface area contributed by atoms with Crippen LogP contribution in [0.15, 0.2) is 29.3 Å². The smallest absolute Gasteiger partial charge is 0.193 e. The number of likely N-dealkylation sites (tertiary alicyclic amines) is 1. The van der Waals surface area contributed by atoms with E-state index in [1.807, 2.05) is 12.1 Å². The first-order valence-electron chi connectivity index (χ1n) is 10.4. The number of ether oxygens (including phenoxy) is 1. The van der Waals surface area contributed by atoms with E-state index in [1.54, 1.807) is 7.11 Å². The molecule has 1 unspecified atom stereocenters. The van der Waals surface area contributed by atoms with Crippen LogP contribution < -0.4 is 10.1 Å². The molecule has 0 bridgehead atoms. The van der Waals surface area contributed by atoms with Crippen molar-refractivity contribution in [2.45, 2.75) is 40.2 Å². The molecule has 1 N–H and O–H groups in total. The van der Waals surface area contributed by atoms with Crippen molar-refractivity contribution in [1.82, 2.24) is 15.1 Å². The summed E-state index contributed by atoms with van der Waals surface area (Å²) >= 11 is 0. The number of hydrogen-bond donors (Lipinski definition) is 1. The Kier molecular flexibility index (Phi) is 11.8. The largest absolute Gasteiger partial charge is 0.496 e. The van der Waals surface area contributed by atoms with E-state index in [4.69, 9.17) is 9.73 Å². The van der Waals surface area contributed by atoms with E-state index < -0.39 is 0 Å². The number of methoxy groups -OCH3 is 1. The SMILES string of the molecule is CCNC(=NCC1CCCN(CC(C)C)C1)N(C)Cc1ccccc1OC.I. The summed E-state index contributed by atoms with van der Waals surface area (Å²) in [4.78, 5) is 9.77. The molecule has 1 aliphatic heterocycles. The molecule has 1 aliphatic rings. The van der Waals surface area contributed by atoms with Crippen LogP contribution >= 0.6 is 24.0 Å². The summed E-state index contributed by atoms with van der Waals surface area (Å²) in [6.07, 6.45) is 2.58. The molecule has 6 heteroatoms. The van der Waals surface area contributed by atoms with Crippen molar-refractivity contribution in [3.8, 4) is 5.75 Å². The van der Waals surface area contributed by atoms with Gasteiger partial charge in [0.05, 0.1) is 7.11 Å². The summed E-state index contributed by atoms with van der Waals surface area (Å²) in [7, 11) is 3.82. The predicted molar refractivity (Wildman–Crippen MR) is 130 cm³/mol. The van der Waals surface area contributed by atoms with E-state index in [2.05, 4.69) is 55.1 Å². The molecule has 5 nitrogen and oxygen atoms in total. The van der Waals surface area contributed by atoms with Gasteiger partial charge >= 0.3 is 0 Å². The maximum atomic E-state index is 5.49. The van der Waals surface area contributed by atoms with E-state index in [-0.39, 0.29) is 24.0 Å². The summed E-state index contributed by atoms with van der Waals surface area (Å²) in [5.74, 6) is 3.29. The van der Waals surface area contributed by atoms with Crippen LogP contribution in [0.4, 0.5) is 0 Å². The van der Waals surface area contributed by atoms with Crippen LogP contribution in [0.5, 0.6) is 5.75 Å². The van der Waals surface area contributed by atoms with Gasteiger partial charge in [-0.05, 0) is 44.2 Å². The molecule has 1 aromatic carbocycles. The van der Waals surface area contributed by atoms with Crippen LogP contribution in [-0.4, -0.2) is 62.6 Å². The van der Waals surface area contributed by atoms with Gasteiger partial charge in [0.2, 0.25) is 0 Å². The van der Waals surface area contributed by atoms with Gasteiger partial charge in [0.1, 0.15) is 5.75 Å². The third kappa shape index (κ3) is 8.15. The highest BCUT2D eigenvalue weighted by Crippen LogP contribution is 2.20. The lowest BCUT2D eigenvalue weighted by Crippen LogP contribution is -2.41. The molecule has 2 rings (SSSR count). The number of para-hydroxylation sites is 1. The summed E-state index contributed by atoms with van der Waals surface area (Å²) in [6, 6.07) is 8.19. The monoisotopic (exact) mass is 502 g/mol. The second-order valence-corrected chi connectivity index (χ2v) is 8.02. The summed E-state index contributed by atoms with van der Waals surface area (Å²) < 4.78 is 5.49. The topological polar surface area (TPSA) is 40.1 Å². The van der Waals surface area contributed by atoms with Gasteiger partial charge in [-0.3, -0.25) is 4.99 Å². The molecule has 1 saturated heterocycles. The Morgan fingerprint density at radius 1 is 1.36 bits per heavy atom. The number of rotatable bonds is 8. The minimum Gasteiger partial charge on any atom is -0.496 e. The summed E-state index contributed by atoms with van der Waals surface area (Å²) in [6.45, 7) is 12.9. The minimum atomic E-state index is 0. The second-order valence-electron chi connectivity index (χ2n) is 8.02. The quantitative estimate of drug-likeness (QED) is 0.331. The normalized spacial score (nSPS) is 17.9. The van der Waals surface area contributed by atoms with Gasteiger partial charge in [-0.1, -0.05) is 32.0 Å². The fraction of sp³-hybridized carbons (Fsp3) is 0.682. The molecule has 1 atom stereocenters. The molecule has 0 aliphatic carbocycles. The third-order valence-electron chi connectivity index (χ3n) is 5.02. The van der Waals surface area contributed by atoms with Crippen molar-refractivity contribution >= 4 is 29.9 Å². The zero-order chi connectivity index (χ0) is 19.6.